The van der Waals surface area contributed by atoms with Gasteiger partial charge in [0.2, 0.25) is 17.7 Å². The molecule has 0 bridgehead atoms. The van der Waals surface area contributed by atoms with Crippen molar-refractivity contribution in [1.29, 1.82) is 0 Å². The molecule has 0 fully saturated rings. The highest BCUT2D eigenvalue weighted by Gasteiger charge is 2.29. The summed E-state index contributed by atoms with van der Waals surface area (Å²) in [6, 6.07) is -3.93. The molecule has 0 aliphatic carbocycles. The first-order valence-corrected chi connectivity index (χ1v) is 8.79. The Morgan fingerprint density at radius 1 is 1.03 bits per heavy atom. The number of carboxylic acids is 2. The predicted octanol–water partition coefficient (Wildman–Crippen LogP) is -3.69. The van der Waals surface area contributed by atoms with E-state index in [0.29, 0.717) is 5.69 Å². The molecule has 3 amide bonds. The standard InChI is InChI=1S/C16H24N6O8/c17-9(6-23)14(28)21-10(1-2-12(24)25)16(30)22-11(3-8-4-18-7-20-8)15(29)19-5-13(26)27/h4,7,9-11,23H,1-3,5-6,17H2,(H,18,20)(H,19,29)(H,21,28)(H,22,30)(H,24,25)(H,26,27). The molecule has 14 heteroatoms. The predicted molar refractivity (Wildman–Crippen MR) is 98.7 cm³/mol. The normalized spacial score (nSPS) is 13.5. The molecule has 0 aliphatic heterocycles. The number of nitrogens with two attached hydrogens (primary N) is 1. The van der Waals surface area contributed by atoms with Crippen molar-refractivity contribution in [3.63, 3.8) is 0 Å². The van der Waals surface area contributed by atoms with Crippen molar-refractivity contribution in [2.24, 2.45) is 5.73 Å². The molecule has 0 radical (unpaired) electrons. The van der Waals surface area contributed by atoms with Crippen LogP contribution in [-0.4, -0.2) is 86.2 Å². The highest BCUT2D eigenvalue weighted by atomic mass is 16.4. The third-order valence-electron chi connectivity index (χ3n) is 3.84. The van der Waals surface area contributed by atoms with Crippen LogP contribution < -0.4 is 21.7 Å². The van der Waals surface area contributed by atoms with E-state index in [1.807, 2.05) is 0 Å². The number of hydrogen-bond donors (Lipinski definition) is 8. The molecular weight excluding hydrogens is 404 g/mol. The van der Waals surface area contributed by atoms with Gasteiger partial charge in [-0.2, -0.15) is 0 Å². The van der Waals surface area contributed by atoms with E-state index >= 15 is 0 Å². The third kappa shape index (κ3) is 8.66. The number of aliphatic hydroxyl groups excluding tert-OH is 1. The lowest BCUT2D eigenvalue weighted by Crippen LogP contribution is -2.57. The van der Waals surface area contributed by atoms with E-state index in [1.165, 1.54) is 12.5 Å². The van der Waals surface area contributed by atoms with Crippen LogP contribution in [0.25, 0.3) is 0 Å². The van der Waals surface area contributed by atoms with Crippen LogP contribution in [0.3, 0.4) is 0 Å². The summed E-state index contributed by atoms with van der Waals surface area (Å²) in [6.45, 7) is -1.38. The third-order valence-corrected chi connectivity index (χ3v) is 3.84. The van der Waals surface area contributed by atoms with Gasteiger partial charge in [0.05, 0.1) is 12.9 Å². The zero-order valence-corrected chi connectivity index (χ0v) is 15.8. The molecule has 0 saturated carbocycles. The first kappa shape index (κ1) is 24.5. The first-order chi connectivity index (χ1) is 14.1. The van der Waals surface area contributed by atoms with E-state index in [1.54, 1.807) is 0 Å². The number of hydrogen-bond acceptors (Lipinski definition) is 8. The van der Waals surface area contributed by atoms with E-state index in [9.17, 15) is 24.0 Å². The largest absolute Gasteiger partial charge is 0.481 e. The van der Waals surface area contributed by atoms with Crippen LogP contribution in [0.5, 0.6) is 0 Å². The van der Waals surface area contributed by atoms with Crippen molar-refractivity contribution in [2.75, 3.05) is 13.2 Å². The maximum atomic E-state index is 12.6. The minimum atomic E-state index is -1.36. The molecule has 1 aromatic heterocycles. The summed E-state index contributed by atoms with van der Waals surface area (Å²) in [6.07, 6.45) is 1.89. The maximum absolute atomic E-state index is 12.6. The number of nitrogens with zero attached hydrogens (tertiary/aromatic N) is 1. The van der Waals surface area contributed by atoms with Gasteiger partial charge in [0.25, 0.3) is 0 Å². The van der Waals surface area contributed by atoms with Gasteiger partial charge in [0.15, 0.2) is 0 Å². The van der Waals surface area contributed by atoms with Gasteiger partial charge in [-0.25, -0.2) is 4.98 Å². The number of rotatable bonds is 13. The fourth-order valence-electron chi connectivity index (χ4n) is 2.28. The summed E-state index contributed by atoms with van der Waals surface area (Å²) < 4.78 is 0. The molecule has 1 rings (SSSR count). The average Bonchev–Trinajstić information content (AvgIpc) is 3.20. The van der Waals surface area contributed by atoms with E-state index in [2.05, 4.69) is 25.9 Å². The number of carbonyl (C=O) groups excluding carboxylic acids is 3. The number of aliphatic carboxylic acids is 2. The van der Waals surface area contributed by atoms with Gasteiger partial charge in [-0.05, 0) is 6.42 Å². The van der Waals surface area contributed by atoms with Crippen LogP contribution >= 0.6 is 0 Å². The molecule has 0 aromatic carbocycles. The Bertz CT molecular complexity index is 753. The van der Waals surface area contributed by atoms with Gasteiger partial charge in [-0.15, -0.1) is 0 Å². The van der Waals surface area contributed by atoms with Crippen LogP contribution in [-0.2, 0) is 30.4 Å². The Hall–Kier alpha value is -3.52. The SMILES string of the molecule is NC(CO)C(=O)NC(CCC(=O)O)C(=O)NC(Cc1cnc[nH]1)C(=O)NCC(=O)O. The van der Waals surface area contributed by atoms with Crippen molar-refractivity contribution in [3.8, 4) is 0 Å². The van der Waals surface area contributed by atoms with Crippen LogP contribution in [0.15, 0.2) is 12.5 Å². The minimum Gasteiger partial charge on any atom is -0.481 e. The van der Waals surface area contributed by atoms with Crippen LogP contribution in [0, 0.1) is 0 Å². The Kier molecular flexibility index (Phi) is 9.91. The van der Waals surface area contributed by atoms with E-state index in [4.69, 9.17) is 21.1 Å². The molecule has 3 unspecified atom stereocenters. The summed E-state index contributed by atoms with van der Waals surface area (Å²) in [5, 5.41) is 33.2. The number of aliphatic hydroxyl groups is 1. The summed E-state index contributed by atoms with van der Waals surface area (Å²) >= 11 is 0. The number of imidazole rings is 1. The van der Waals surface area contributed by atoms with E-state index < -0.39 is 67.4 Å². The van der Waals surface area contributed by atoms with Gasteiger partial charge in [-0.1, -0.05) is 0 Å². The van der Waals surface area contributed by atoms with Crippen molar-refractivity contribution in [3.05, 3.63) is 18.2 Å². The van der Waals surface area contributed by atoms with Crippen molar-refractivity contribution in [1.82, 2.24) is 25.9 Å². The van der Waals surface area contributed by atoms with Crippen molar-refractivity contribution in [2.45, 2.75) is 37.4 Å². The summed E-state index contributed by atoms with van der Waals surface area (Å²) in [5.74, 6) is -5.09. The number of aromatic amines is 1. The molecule has 166 valence electrons. The smallest absolute Gasteiger partial charge is 0.322 e. The fraction of sp³-hybridized carbons (Fsp3) is 0.500. The quantitative estimate of drug-likeness (QED) is 0.153. The average molecular weight is 428 g/mol. The topological polar surface area (TPSA) is 237 Å². The zero-order chi connectivity index (χ0) is 22.7. The number of carboxylic acid groups (broad SMARTS) is 2. The lowest BCUT2D eigenvalue weighted by Gasteiger charge is -2.23. The zero-order valence-electron chi connectivity index (χ0n) is 15.8. The number of nitrogens with one attached hydrogen (secondary N) is 4. The Morgan fingerprint density at radius 3 is 2.23 bits per heavy atom. The highest BCUT2D eigenvalue weighted by molar-refractivity contribution is 5.94. The summed E-state index contributed by atoms with van der Waals surface area (Å²) in [7, 11) is 0. The lowest BCUT2D eigenvalue weighted by atomic mass is 10.1. The van der Waals surface area contributed by atoms with Crippen LogP contribution in [0.1, 0.15) is 18.5 Å². The molecule has 0 aliphatic rings. The molecule has 1 aromatic rings. The second-order valence-electron chi connectivity index (χ2n) is 6.24. The minimum absolute atomic E-state index is 0.0764. The van der Waals surface area contributed by atoms with E-state index in [-0.39, 0.29) is 12.8 Å². The Balaban J connectivity index is 2.94. The van der Waals surface area contributed by atoms with Crippen LogP contribution in [0.4, 0.5) is 0 Å². The molecular formula is C16H24N6O8. The van der Waals surface area contributed by atoms with Crippen LogP contribution in [0.2, 0.25) is 0 Å². The second kappa shape index (κ2) is 12.1. The number of aromatic nitrogens is 2. The Labute approximate surface area is 170 Å². The summed E-state index contributed by atoms with van der Waals surface area (Å²) in [5.41, 5.74) is 5.85. The number of carbonyl (C=O) groups is 5. The molecule has 0 saturated heterocycles. The molecule has 9 N–H and O–H groups in total. The number of amides is 3. The van der Waals surface area contributed by atoms with Crippen molar-refractivity contribution < 1.29 is 39.3 Å². The van der Waals surface area contributed by atoms with Gasteiger partial charge in [-0.3, -0.25) is 24.0 Å². The van der Waals surface area contributed by atoms with Crippen molar-refractivity contribution >= 4 is 29.7 Å². The molecule has 3 atom stereocenters. The second-order valence-corrected chi connectivity index (χ2v) is 6.24. The molecule has 14 nitrogen and oxygen atoms in total. The van der Waals surface area contributed by atoms with Gasteiger partial charge < -0.3 is 42.0 Å². The van der Waals surface area contributed by atoms with Gasteiger partial charge in [0.1, 0.15) is 24.7 Å². The van der Waals surface area contributed by atoms with Gasteiger partial charge >= 0.3 is 11.9 Å². The van der Waals surface area contributed by atoms with Gasteiger partial charge in [0, 0.05) is 24.7 Å². The monoisotopic (exact) mass is 428 g/mol. The van der Waals surface area contributed by atoms with E-state index in [0.717, 1.165) is 0 Å². The fourth-order valence-corrected chi connectivity index (χ4v) is 2.28. The lowest BCUT2D eigenvalue weighted by molar-refractivity contribution is -0.138. The summed E-state index contributed by atoms with van der Waals surface area (Å²) in [4.78, 5) is 64.9. The highest BCUT2D eigenvalue weighted by Crippen LogP contribution is 2.03. The molecule has 30 heavy (non-hydrogen) atoms. The maximum Gasteiger partial charge on any atom is 0.322 e. The first-order valence-electron chi connectivity index (χ1n) is 8.79. The Morgan fingerprint density at radius 2 is 1.70 bits per heavy atom. The number of H-pyrrole nitrogens is 1. The molecule has 0 spiro atoms. The molecule has 1 heterocycles.